The summed E-state index contributed by atoms with van der Waals surface area (Å²) in [6.07, 6.45) is -1.51. The van der Waals surface area contributed by atoms with Crippen molar-refractivity contribution in [2.24, 2.45) is 0 Å². The van der Waals surface area contributed by atoms with Gasteiger partial charge in [-0.25, -0.2) is 13.2 Å². The quantitative estimate of drug-likeness (QED) is 0.817. The molecule has 0 aliphatic rings. The first-order valence-electron chi connectivity index (χ1n) is 6.48. The van der Waals surface area contributed by atoms with Gasteiger partial charge in [0.05, 0.1) is 6.54 Å². The van der Waals surface area contributed by atoms with Crippen LogP contribution in [0.2, 0.25) is 0 Å². The lowest BCUT2D eigenvalue weighted by atomic mass is 10.0. The molecule has 1 N–H and O–H groups in total. The normalized spacial score (nSPS) is 12.8. The average Bonchev–Trinajstić information content (AvgIpc) is 2.34. The van der Waals surface area contributed by atoms with Gasteiger partial charge in [-0.3, -0.25) is 0 Å². The number of benzene rings is 1. The lowest BCUT2D eigenvalue weighted by Crippen LogP contribution is -2.28. The first-order valence-corrected chi connectivity index (χ1v) is 6.48. The summed E-state index contributed by atoms with van der Waals surface area (Å²) < 4.78 is 38.9. The number of nitrogens with zero attached hydrogens (tertiary/aromatic N) is 1. The maximum absolute atomic E-state index is 14.0. The smallest absolute Gasteiger partial charge is 0.255 e. The molecular weight excluding hydrogens is 253 g/mol. The Morgan fingerprint density at radius 1 is 1.32 bits per heavy atom. The molecule has 2 nitrogen and oxygen atoms in total. The zero-order valence-corrected chi connectivity index (χ0v) is 11.6. The summed E-state index contributed by atoms with van der Waals surface area (Å²) in [4.78, 5) is 1.40. The molecule has 0 amide bonds. The fraction of sp³-hybridized carbons (Fsp3) is 0.571. The van der Waals surface area contributed by atoms with Crippen molar-refractivity contribution in [3.8, 4) is 0 Å². The third-order valence-corrected chi connectivity index (χ3v) is 2.99. The van der Waals surface area contributed by atoms with Gasteiger partial charge in [-0.05, 0) is 32.0 Å². The van der Waals surface area contributed by atoms with Crippen molar-refractivity contribution < 1.29 is 13.2 Å². The fourth-order valence-corrected chi connectivity index (χ4v) is 2.06. The highest BCUT2D eigenvalue weighted by molar-refractivity contribution is 5.55. The highest BCUT2D eigenvalue weighted by Crippen LogP contribution is 2.28. The van der Waals surface area contributed by atoms with Gasteiger partial charge < -0.3 is 10.2 Å². The molecule has 0 radical (unpaired) electrons. The summed E-state index contributed by atoms with van der Waals surface area (Å²) in [6, 6.07) is 4.36. The predicted octanol–water partition coefficient (Wildman–Crippen LogP) is 3.59. The van der Waals surface area contributed by atoms with Crippen LogP contribution in [0.4, 0.5) is 18.9 Å². The molecule has 1 aromatic rings. The van der Waals surface area contributed by atoms with E-state index in [1.165, 1.54) is 11.0 Å². The first kappa shape index (κ1) is 15.8. The molecule has 1 aromatic carbocycles. The van der Waals surface area contributed by atoms with E-state index < -0.39 is 13.0 Å². The fourth-order valence-electron chi connectivity index (χ4n) is 2.06. The minimum Gasteiger partial charge on any atom is -0.369 e. The van der Waals surface area contributed by atoms with Crippen LogP contribution in [0, 0.1) is 5.82 Å². The molecule has 0 heterocycles. The lowest BCUT2D eigenvalue weighted by molar-refractivity contribution is 0.156. The average molecular weight is 274 g/mol. The van der Waals surface area contributed by atoms with Gasteiger partial charge in [0.1, 0.15) is 5.82 Å². The van der Waals surface area contributed by atoms with E-state index in [0.717, 1.165) is 13.0 Å². The van der Waals surface area contributed by atoms with Gasteiger partial charge >= 0.3 is 0 Å². The largest absolute Gasteiger partial charge is 0.369 e. The minimum absolute atomic E-state index is 0.212. The Labute approximate surface area is 112 Å². The molecule has 0 bridgehead atoms. The first-order chi connectivity index (χ1) is 8.97. The van der Waals surface area contributed by atoms with E-state index in [0.29, 0.717) is 11.3 Å². The number of anilines is 1. The van der Waals surface area contributed by atoms with Crippen LogP contribution in [0.5, 0.6) is 0 Å². The molecule has 0 fully saturated rings. The van der Waals surface area contributed by atoms with Crippen molar-refractivity contribution in [2.45, 2.75) is 32.7 Å². The van der Waals surface area contributed by atoms with Crippen LogP contribution in [0.1, 0.15) is 31.9 Å². The maximum atomic E-state index is 14.0. The van der Waals surface area contributed by atoms with Crippen LogP contribution in [0.15, 0.2) is 18.2 Å². The standard InChI is InChI=1S/C14H21F3N2/c1-4-8-18-10(2)14-11(15)6-5-7-12(14)19(3)9-13(16)17/h5-7,10,13,18H,4,8-9H2,1-3H3. The van der Waals surface area contributed by atoms with Gasteiger partial charge in [-0.1, -0.05) is 13.0 Å². The minimum atomic E-state index is -2.44. The van der Waals surface area contributed by atoms with Crippen molar-refractivity contribution in [1.29, 1.82) is 0 Å². The third kappa shape index (κ3) is 4.42. The van der Waals surface area contributed by atoms with Gasteiger partial charge in [-0.15, -0.1) is 0 Å². The highest BCUT2D eigenvalue weighted by Gasteiger charge is 2.19. The molecule has 0 saturated heterocycles. The van der Waals surface area contributed by atoms with E-state index in [9.17, 15) is 13.2 Å². The van der Waals surface area contributed by atoms with Gasteiger partial charge in [0.2, 0.25) is 0 Å². The summed E-state index contributed by atoms with van der Waals surface area (Å²) >= 11 is 0. The molecule has 0 aromatic heterocycles. The zero-order chi connectivity index (χ0) is 14.4. The summed E-state index contributed by atoms with van der Waals surface area (Å²) in [7, 11) is 1.55. The highest BCUT2D eigenvalue weighted by atomic mass is 19.3. The molecule has 0 saturated carbocycles. The lowest BCUT2D eigenvalue weighted by Gasteiger charge is -2.25. The molecule has 5 heteroatoms. The van der Waals surface area contributed by atoms with E-state index in [2.05, 4.69) is 5.32 Å². The Bertz CT molecular complexity index is 396. The van der Waals surface area contributed by atoms with Gasteiger partial charge in [0.15, 0.2) is 0 Å². The molecule has 1 rings (SSSR count). The second kappa shape index (κ2) is 7.38. The van der Waals surface area contributed by atoms with Crippen molar-refractivity contribution in [2.75, 3.05) is 25.0 Å². The molecule has 0 aliphatic carbocycles. The zero-order valence-electron chi connectivity index (χ0n) is 11.6. The van der Waals surface area contributed by atoms with Crippen molar-refractivity contribution in [3.63, 3.8) is 0 Å². The van der Waals surface area contributed by atoms with Gasteiger partial charge in [0.25, 0.3) is 6.43 Å². The second-order valence-corrected chi connectivity index (χ2v) is 4.62. The molecule has 108 valence electrons. The van der Waals surface area contributed by atoms with E-state index in [-0.39, 0.29) is 11.9 Å². The monoisotopic (exact) mass is 274 g/mol. The number of rotatable bonds is 7. The summed E-state index contributed by atoms with van der Waals surface area (Å²) in [5.74, 6) is -0.366. The van der Waals surface area contributed by atoms with Crippen LogP contribution in [-0.4, -0.2) is 26.6 Å². The van der Waals surface area contributed by atoms with E-state index in [1.54, 1.807) is 19.2 Å². The molecule has 1 unspecified atom stereocenters. The number of alkyl halides is 2. The van der Waals surface area contributed by atoms with Crippen LogP contribution in [-0.2, 0) is 0 Å². The Balaban J connectivity index is 3.00. The van der Waals surface area contributed by atoms with Crippen molar-refractivity contribution in [1.82, 2.24) is 5.32 Å². The van der Waals surface area contributed by atoms with E-state index in [1.807, 2.05) is 13.8 Å². The number of hydrogen-bond acceptors (Lipinski definition) is 2. The van der Waals surface area contributed by atoms with Crippen LogP contribution >= 0.6 is 0 Å². The summed E-state index contributed by atoms with van der Waals surface area (Å²) in [5.41, 5.74) is 0.954. The molecule has 0 aliphatic heterocycles. The third-order valence-electron chi connectivity index (χ3n) is 2.99. The van der Waals surface area contributed by atoms with Crippen LogP contribution in [0.25, 0.3) is 0 Å². The topological polar surface area (TPSA) is 15.3 Å². The Kier molecular flexibility index (Phi) is 6.15. The van der Waals surface area contributed by atoms with E-state index in [4.69, 9.17) is 0 Å². The molecular formula is C14H21F3N2. The second-order valence-electron chi connectivity index (χ2n) is 4.62. The Morgan fingerprint density at radius 3 is 2.58 bits per heavy atom. The molecule has 0 spiro atoms. The molecule has 19 heavy (non-hydrogen) atoms. The van der Waals surface area contributed by atoms with E-state index >= 15 is 0 Å². The summed E-state index contributed by atoms with van der Waals surface area (Å²) in [6.45, 7) is 4.21. The Hall–Kier alpha value is -1.23. The number of hydrogen-bond donors (Lipinski definition) is 1. The van der Waals surface area contributed by atoms with Gasteiger partial charge in [0, 0.05) is 24.3 Å². The van der Waals surface area contributed by atoms with Crippen molar-refractivity contribution in [3.05, 3.63) is 29.6 Å². The van der Waals surface area contributed by atoms with Crippen LogP contribution in [0.3, 0.4) is 0 Å². The van der Waals surface area contributed by atoms with Gasteiger partial charge in [-0.2, -0.15) is 0 Å². The molecule has 1 atom stereocenters. The maximum Gasteiger partial charge on any atom is 0.255 e. The predicted molar refractivity (Wildman–Crippen MR) is 72.4 cm³/mol. The summed E-state index contributed by atoms with van der Waals surface area (Å²) in [5, 5.41) is 3.18. The van der Waals surface area contributed by atoms with Crippen LogP contribution < -0.4 is 10.2 Å². The SMILES string of the molecule is CCCNC(C)c1c(F)cccc1N(C)CC(F)F. The Morgan fingerprint density at radius 2 is 2.00 bits per heavy atom. The van der Waals surface area contributed by atoms with Crippen molar-refractivity contribution >= 4 is 5.69 Å². The number of halogens is 3. The number of nitrogens with one attached hydrogen (secondary N) is 1.